The van der Waals surface area contributed by atoms with Gasteiger partial charge >= 0.3 is 0 Å². The number of nitrogens with two attached hydrogens (primary N) is 1. The summed E-state index contributed by atoms with van der Waals surface area (Å²) < 4.78 is 5.79. The third-order valence-corrected chi connectivity index (χ3v) is 3.62. The Bertz CT molecular complexity index is 364. The second kappa shape index (κ2) is 6.71. The topological polar surface area (TPSA) is 60.2 Å². The maximum absolute atomic E-state index is 5.89. The van der Waals surface area contributed by atoms with Crippen LogP contribution in [0.3, 0.4) is 0 Å². The van der Waals surface area contributed by atoms with E-state index in [1.165, 1.54) is 19.3 Å². The van der Waals surface area contributed by atoms with Gasteiger partial charge in [0.15, 0.2) is 0 Å². The first-order valence-corrected chi connectivity index (χ1v) is 6.78. The van der Waals surface area contributed by atoms with Crippen molar-refractivity contribution >= 4 is 5.82 Å². The fourth-order valence-electron chi connectivity index (χ4n) is 2.50. The lowest BCUT2D eigenvalue weighted by Crippen LogP contribution is -2.34. The van der Waals surface area contributed by atoms with E-state index >= 15 is 0 Å². The molecule has 1 aliphatic heterocycles. The van der Waals surface area contributed by atoms with Gasteiger partial charge in [0.05, 0.1) is 6.10 Å². The molecular formula is C14H23N3O. The molecule has 18 heavy (non-hydrogen) atoms. The Hall–Kier alpha value is -1.13. The van der Waals surface area contributed by atoms with Gasteiger partial charge in [0.25, 0.3) is 0 Å². The highest BCUT2D eigenvalue weighted by atomic mass is 16.5. The molecule has 4 heteroatoms. The van der Waals surface area contributed by atoms with Crippen molar-refractivity contribution < 1.29 is 4.74 Å². The molecule has 1 fully saturated rings. The van der Waals surface area contributed by atoms with Gasteiger partial charge in [0, 0.05) is 18.8 Å². The summed E-state index contributed by atoms with van der Waals surface area (Å²) >= 11 is 0. The van der Waals surface area contributed by atoms with Crippen molar-refractivity contribution in [3.63, 3.8) is 0 Å². The molecule has 1 aromatic rings. The number of nitrogens with one attached hydrogen (secondary N) is 1. The molecular weight excluding hydrogens is 226 g/mol. The molecule has 0 amide bonds. The summed E-state index contributed by atoms with van der Waals surface area (Å²) in [6.45, 7) is 0.913. The number of nitrogen functional groups attached to an aromatic ring is 1. The highest BCUT2D eigenvalue weighted by Gasteiger charge is 2.19. The molecule has 1 aliphatic rings. The number of ether oxygens (including phenoxy) is 1. The Balaban J connectivity index is 1.90. The largest absolute Gasteiger partial charge is 0.383 e. The van der Waals surface area contributed by atoms with Crippen LogP contribution in [0, 0.1) is 0 Å². The van der Waals surface area contributed by atoms with Crippen molar-refractivity contribution in [2.75, 3.05) is 19.4 Å². The van der Waals surface area contributed by atoms with Gasteiger partial charge in [-0.1, -0.05) is 6.07 Å². The van der Waals surface area contributed by atoms with Crippen molar-refractivity contribution in [1.29, 1.82) is 0 Å². The van der Waals surface area contributed by atoms with Crippen molar-refractivity contribution in [1.82, 2.24) is 10.3 Å². The fourth-order valence-corrected chi connectivity index (χ4v) is 2.50. The Kier molecular flexibility index (Phi) is 4.96. The van der Waals surface area contributed by atoms with E-state index in [1.54, 1.807) is 6.20 Å². The zero-order valence-corrected chi connectivity index (χ0v) is 11.1. The van der Waals surface area contributed by atoms with E-state index in [9.17, 15) is 0 Å². The van der Waals surface area contributed by atoms with Crippen molar-refractivity contribution in [2.24, 2.45) is 0 Å². The van der Waals surface area contributed by atoms with E-state index < -0.39 is 0 Å². The van der Waals surface area contributed by atoms with Crippen LogP contribution in [0.4, 0.5) is 5.82 Å². The van der Waals surface area contributed by atoms with Crippen LogP contribution in [0.5, 0.6) is 0 Å². The molecule has 0 saturated carbocycles. The van der Waals surface area contributed by atoms with Gasteiger partial charge in [-0.3, -0.25) is 0 Å². The summed E-state index contributed by atoms with van der Waals surface area (Å²) in [5, 5.41) is 3.36. The van der Waals surface area contributed by atoms with Crippen LogP contribution in [0.25, 0.3) is 0 Å². The summed E-state index contributed by atoms with van der Waals surface area (Å²) in [5.74, 6) is 0.641. The lowest BCUT2D eigenvalue weighted by Gasteiger charge is -2.27. The van der Waals surface area contributed by atoms with Gasteiger partial charge < -0.3 is 15.8 Å². The molecule has 3 N–H and O–H groups in total. The third-order valence-electron chi connectivity index (χ3n) is 3.62. The third kappa shape index (κ3) is 3.68. The van der Waals surface area contributed by atoms with Crippen LogP contribution in [0.1, 0.15) is 31.2 Å². The number of likely N-dealkylation sites (N-methyl/N-ethyl adjacent to an activating group) is 1. The molecule has 0 spiro atoms. The number of aromatic nitrogens is 1. The predicted molar refractivity (Wildman–Crippen MR) is 73.4 cm³/mol. The van der Waals surface area contributed by atoms with Crippen molar-refractivity contribution in [3.05, 3.63) is 23.9 Å². The first-order chi connectivity index (χ1) is 8.79. The number of hydrogen-bond donors (Lipinski definition) is 2. The Morgan fingerprint density at radius 1 is 1.56 bits per heavy atom. The van der Waals surface area contributed by atoms with Gasteiger partial charge in [-0.2, -0.15) is 0 Å². The molecule has 1 saturated heterocycles. The van der Waals surface area contributed by atoms with Crippen molar-refractivity contribution in [2.45, 2.75) is 44.2 Å². The first-order valence-electron chi connectivity index (χ1n) is 6.78. The summed E-state index contributed by atoms with van der Waals surface area (Å²) in [6, 6.07) is 4.39. The zero-order chi connectivity index (χ0) is 12.8. The predicted octanol–water partition coefficient (Wildman–Crippen LogP) is 1.75. The molecule has 4 nitrogen and oxygen atoms in total. The molecule has 0 aromatic carbocycles. The minimum absolute atomic E-state index is 0.397. The lowest BCUT2D eigenvalue weighted by molar-refractivity contribution is 0.00569. The van der Waals surface area contributed by atoms with Crippen LogP contribution < -0.4 is 11.1 Å². The fraction of sp³-hybridized carbons (Fsp3) is 0.643. The van der Waals surface area contributed by atoms with E-state index in [4.69, 9.17) is 10.5 Å². The maximum atomic E-state index is 5.89. The first kappa shape index (κ1) is 13.3. The minimum atomic E-state index is 0.397. The normalized spacial score (nSPS) is 21.7. The highest BCUT2D eigenvalue weighted by molar-refractivity contribution is 5.38. The van der Waals surface area contributed by atoms with Crippen LogP contribution in [0.15, 0.2) is 18.3 Å². The summed E-state index contributed by atoms with van der Waals surface area (Å²) in [7, 11) is 2.00. The van der Waals surface area contributed by atoms with E-state index in [0.717, 1.165) is 25.0 Å². The van der Waals surface area contributed by atoms with E-state index in [2.05, 4.69) is 16.4 Å². The van der Waals surface area contributed by atoms with E-state index in [1.807, 2.05) is 13.1 Å². The molecule has 2 unspecified atom stereocenters. The number of nitrogens with zero attached hydrogens (tertiary/aromatic N) is 1. The number of anilines is 1. The van der Waals surface area contributed by atoms with Crippen LogP contribution in [-0.4, -0.2) is 30.8 Å². The Labute approximate surface area is 109 Å². The maximum Gasteiger partial charge on any atom is 0.126 e. The smallest absolute Gasteiger partial charge is 0.126 e. The Morgan fingerprint density at radius 2 is 2.44 bits per heavy atom. The average Bonchev–Trinajstić information content (AvgIpc) is 2.41. The SMILES string of the molecule is CNC(Cc1cccnc1N)CC1CCCCO1. The van der Waals surface area contributed by atoms with Crippen LogP contribution in [-0.2, 0) is 11.2 Å². The molecule has 2 heterocycles. The Morgan fingerprint density at radius 3 is 3.11 bits per heavy atom. The number of hydrogen-bond acceptors (Lipinski definition) is 4. The summed E-state index contributed by atoms with van der Waals surface area (Å²) in [6.07, 6.45) is 7.76. The minimum Gasteiger partial charge on any atom is -0.383 e. The second-order valence-electron chi connectivity index (χ2n) is 4.96. The van der Waals surface area contributed by atoms with Gasteiger partial charge in [-0.25, -0.2) is 4.98 Å². The molecule has 2 atom stereocenters. The molecule has 1 aromatic heterocycles. The van der Waals surface area contributed by atoms with E-state index in [0.29, 0.717) is 18.0 Å². The molecule has 100 valence electrons. The monoisotopic (exact) mass is 249 g/mol. The molecule has 2 rings (SSSR count). The van der Waals surface area contributed by atoms with Gasteiger partial charge in [-0.15, -0.1) is 0 Å². The quantitative estimate of drug-likeness (QED) is 0.834. The van der Waals surface area contributed by atoms with Crippen LogP contribution >= 0.6 is 0 Å². The standard InChI is InChI=1S/C14H23N3O/c1-16-12(10-13-6-2-3-8-18-13)9-11-5-4-7-17-14(11)15/h4-5,7,12-13,16H,2-3,6,8-10H2,1H3,(H2,15,17). The van der Waals surface area contributed by atoms with Gasteiger partial charge in [0.1, 0.15) is 5.82 Å². The summed E-state index contributed by atoms with van der Waals surface area (Å²) in [5.41, 5.74) is 7.00. The van der Waals surface area contributed by atoms with Gasteiger partial charge in [-0.05, 0) is 50.8 Å². The summed E-state index contributed by atoms with van der Waals surface area (Å²) in [4.78, 5) is 4.13. The van der Waals surface area contributed by atoms with Gasteiger partial charge in [0.2, 0.25) is 0 Å². The van der Waals surface area contributed by atoms with E-state index in [-0.39, 0.29) is 0 Å². The van der Waals surface area contributed by atoms with Crippen molar-refractivity contribution in [3.8, 4) is 0 Å². The van der Waals surface area contributed by atoms with Crippen LogP contribution in [0.2, 0.25) is 0 Å². The lowest BCUT2D eigenvalue weighted by atomic mass is 9.97. The molecule has 0 aliphatic carbocycles. The highest BCUT2D eigenvalue weighted by Crippen LogP contribution is 2.19. The molecule has 0 bridgehead atoms. The second-order valence-corrected chi connectivity index (χ2v) is 4.96. The number of pyridine rings is 1. The molecule has 0 radical (unpaired) electrons. The number of rotatable bonds is 5. The average molecular weight is 249 g/mol. The zero-order valence-electron chi connectivity index (χ0n) is 11.1.